The minimum Gasteiger partial charge on any atom is -0.378 e. The molecule has 0 atom stereocenters. The number of aromatic nitrogens is 2. The molecule has 0 spiro atoms. The summed E-state index contributed by atoms with van der Waals surface area (Å²) < 4.78 is 9.15. The average Bonchev–Trinajstić information content (AvgIpc) is 3.23. The van der Waals surface area contributed by atoms with Gasteiger partial charge >= 0.3 is 0 Å². The Balaban J connectivity index is 1.93. The fourth-order valence-electron chi connectivity index (χ4n) is 3.51. The Morgan fingerprint density at radius 2 is 1.62 bits per heavy atom. The van der Waals surface area contributed by atoms with E-state index in [1.165, 1.54) is 17.4 Å². The molecule has 5 heteroatoms. The number of hydrogen-bond donors (Lipinski definition) is 0. The van der Waals surface area contributed by atoms with Crippen molar-refractivity contribution in [2.24, 2.45) is 4.99 Å². The quantitative estimate of drug-likeness (QED) is 0.584. The van der Waals surface area contributed by atoms with Crippen LogP contribution in [-0.2, 0) is 0 Å². The van der Waals surface area contributed by atoms with Crippen LogP contribution in [0.1, 0.15) is 23.6 Å². The minimum atomic E-state index is 0.783. The number of fused-ring (bicyclic) bond motifs is 1. The van der Waals surface area contributed by atoms with Crippen molar-refractivity contribution in [2.45, 2.75) is 13.8 Å². The van der Waals surface area contributed by atoms with Gasteiger partial charge in [-0.25, -0.2) is 0 Å². The van der Waals surface area contributed by atoms with E-state index in [2.05, 4.69) is 107 Å². The molecule has 0 N–H and O–H groups in total. The number of anilines is 1. The van der Waals surface area contributed by atoms with Crippen LogP contribution in [0.3, 0.4) is 0 Å². The van der Waals surface area contributed by atoms with E-state index in [1.54, 1.807) is 0 Å². The molecule has 0 radical (unpaired) electrons. The van der Waals surface area contributed by atoms with Crippen LogP contribution in [0.4, 0.5) is 5.69 Å². The maximum Gasteiger partial charge on any atom is 0.112 e. The first kappa shape index (κ1) is 19.3. The first-order valence-electron chi connectivity index (χ1n) is 9.73. The first-order chi connectivity index (χ1) is 14.1. The molecule has 1 aliphatic carbocycles. The van der Waals surface area contributed by atoms with Crippen LogP contribution in [0, 0.1) is 6.92 Å². The molecule has 1 aromatic heterocycles. The third-order valence-corrected chi connectivity index (χ3v) is 5.58. The molecule has 0 saturated carbocycles. The Labute approximate surface area is 175 Å². The minimum absolute atomic E-state index is 0.783. The molecule has 0 saturated heterocycles. The Hall–Kier alpha value is -3.05. The zero-order valence-corrected chi connectivity index (χ0v) is 18.0. The van der Waals surface area contributed by atoms with Gasteiger partial charge in [-0.15, -0.1) is 0 Å². The maximum absolute atomic E-state index is 4.63. The van der Waals surface area contributed by atoms with Gasteiger partial charge in [0.1, 0.15) is 11.0 Å². The van der Waals surface area contributed by atoms with Crippen LogP contribution in [0.5, 0.6) is 0 Å². The van der Waals surface area contributed by atoms with Crippen LogP contribution in [0.2, 0.25) is 0 Å². The Kier molecular flexibility index (Phi) is 5.41. The summed E-state index contributed by atoms with van der Waals surface area (Å²) in [4.78, 5) is 6.61. The third-order valence-electron chi connectivity index (χ3n) is 5.06. The first-order valence-corrected chi connectivity index (χ1v) is 10.5. The lowest BCUT2D eigenvalue weighted by Crippen LogP contribution is -2.08. The third kappa shape index (κ3) is 3.78. The van der Waals surface area contributed by atoms with E-state index in [4.69, 9.17) is 0 Å². The summed E-state index contributed by atoms with van der Waals surface area (Å²) in [5.41, 5.74) is 9.85. The topological polar surface area (TPSA) is 41.4 Å². The number of nitrogens with zero attached hydrogens (tertiary/aromatic N) is 4. The molecule has 3 aromatic rings. The monoisotopic (exact) mass is 400 g/mol. The van der Waals surface area contributed by atoms with Gasteiger partial charge < -0.3 is 4.90 Å². The zero-order chi connectivity index (χ0) is 20.4. The second-order valence-corrected chi connectivity index (χ2v) is 7.76. The highest BCUT2D eigenvalue weighted by atomic mass is 32.1. The van der Waals surface area contributed by atoms with E-state index < -0.39 is 0 Å². The number of aliphatic imine (C=N–C) groups is 1. The SMILES string of the molecule is CCN=C1C=CC(=C(c2ccc(N(C)C)cc2)c2ccc(C)c3nsnc23)C=C1. The molecule has 29 heavy (non-hydrogen) atoms. The van der Waals surface area contributed by atoms with Gasteiger partial charge in [-0.1, -0.05) is 36.4 Å². The van der Waals surface area contributed by atoms with Gasteiger partial charge in [-0.3, -0.25) is 4.99 Å². The molecular weight excluding hydrogens is 376 g/mol. The van der Waals surface area contributed by atoms with Crippen molar-refractivity contribution in [3.05, 3.63) is 83.0 Å². The van der Waals surface area contributed by atoms with Crippen molar-refractivity contribution < 1.29 is 0 Å². The smallest absolute Gasteiger partial charge is 0.112 e. The summed E-state index contributed by atoms with van der Waals surface area (Å²) in [6, 6.07) is 13.0. The average molecular weight is 401 g/mol. The highest BCUT2D eigenvalue weighted by molar-refractivity contribution is 7.00. The highest BCUT2D eigenvalue weighted by Crippen LogP contribution is 2.35. The van der Waals surface area contributed by atoms with Gasteiger partial charge in [0.05, 0.1) is 17.4 Å². The summed E-state index contributed by atoms with van der Waals surface area (Å²) in [5.74, 6) is 0. The fourth-order valence-corrected chi connectivity index (χ4v) is 4.13. The predicted molar refractivity (Wildman–Crippen MR) is 125 cm³/mol. The van der Waals surface area contributed by atoms with E-state index in [0.29, 0.717) is 0 Å². The van der Waals surface area contributed by atoms with Gasteiger partial charge in [0, 0.05) is 31.9 Å². The van der Waals surface area contributed by atoms with Gasteiger partial charge in [0.15, 0.2) is 0 Å². The lowest BCUT2D eigenvalue weighted by atomic mass is 9.89. The summed E-state index contributed by atoms with van der Waals surface area (Å²) in [6.45, 7) is 4.92. The molecule has 0 aliphatic heterocycles. The Morgan fingerprint density at radius 1 is 0.931 bits per heavy atom. The van der Waals surface area contributed by atoms with Crippen LogP contribution in [-0.4, -0.2) is 35.1 Å². The maximum atomic E-state index is 4.63. The largest absolute Gasteiger partial charge is 0.378 e. The van der Waals surface area contributed by atoms with E-state index >= 15 is 0 Å². The number of allylic oxidation sites excluding steroid dienone is 5. The number of rotatable bonds is 4. The molecular formula is C24H24N4S. The molecule has 1 aliphatic rings. The zero-order valence-electron chi connectivity index (χ0n) is 17.2. The number of hydrogen-bond acceptors (Lipinski definition) is 5. The van der Waals surface area contributed by atoms with Crippen molar-refractivity contribution in [1.82, 2.24) is 8.75 Å². The predicted octanol–water partition coefficient (Wildman–Crippen LogP) is 5.45. The summed E-state index contributed by atoms with van der Waals surface area (Å²) >= 11 is 1.27. The van der Waals surface area contributed by atoms with Crippen LogP contribution < -0.4 is 4.90 Å². The van der Waals surface area contributed by atoms with Crippen LogP contribution in [0.15, 0.2) is 71.3 Å². The molecule has 4 nitrogen and oxygen atoms in total. The van der Waals surface area contributed by atoms with Crippen molar-refractivity contribution in [2.75, 3.05) is 25.5 Å². The normalized spacial score (nSPS) is 13.2. The molecule has 0 bridgehead atoms. The summed E-state index contributed by atoms with van der Waals surface area (Å²) in [5, 5.41) is 0. The molecule has 2 aromatic carbocycles. The van der Waals surface area contributed by atoms with Crippen molar-refractivity contribution in [1.29, 1.82) is 0 Å². The molecule has 146 valence electrons. The molecule has 0 amide bonds. The molecule has 1 heterocycles. The number of aryl methyl sites for hydroxylation is 1. The van der Waals surface area contributed by atoms with Crippen LogP contribution in [0.25, 0.3) is 16.6 Å². The molecule has 4 rings (SSSR count). The van der Waals surface area contributed by atoms with E-state index in [1.807, 2.05) is 0 Å². The lowest BCUT2D eigenvalue weighted by Gasteiger charge is -2.17. The highest BCUT2D eigenvalue weighted by Gasteiger charge is 2.17. The Morgan fingerprint density at radius 3 is 2.28 bits per heavy atom. The summed E-state index contributed by atoms with van der Waals surface area (Å²) in [6.07, 6.45) is 8.46. The number of benzene rings is 2. The van der Waals surface area contributed by atoms with Gasteiger partial charge in [0.25, 0.3) is 0 Å². The second kappa shape index (κ2) is 8.13. The van der Waals surface area contributed by atoms with Crippen LogP contribution >= 0.6 is 11.7 Å². The second-order valence-electron chi connectivity index (χ2n) is 7.23. The van der Waals surface area contributed by atoms with Crippen molar-refractivity contribution >= 4 is 39.7 Å². The van der Waals surface area contributed by atoms with E-state index in [9.17, 15) is 0 Å². The Bertz CT molecular complexity index is 1140. The van der Waals surface area contributed by atoms with Gasteiger partial charge in [-0.05, 0) is 60.4 Å². The molecule has 0 unspecified atom stereocenters. The van der Waals surface area contributed by atoms with Gasteiger partial charge in [-0.2, -0.15) is 8.75 Å². The van der Waals surface area contributed by atoms with Gasteiger partial charge in [0.2, 0.25) is 0 Å². The summed E-state index contributed by atoms with van der Waals surface area (Å²) in [7, 11) is 4.11. The fraction of sp³-hybridized carbons (Fsp3) is 0.208. The van der Waals surface area contributed by atoms with Crippen molar-refractivity contribution in [3.63, 3.8) is 0 Å². The van der Waals surface area contributed by atoms with Crippen molar-refractivity contribution in [3.8, 4) is 0 Å². The molecule has 0 fully saturated rings. The lowest BCUT2D eigenvalue weighted by molar-refractivity contribution is 1.13. The standard InChI is InChI=1S/C24H24N4S/c1-5-25-19-11-7-17(8-12-19)22(18-9-13-20(14-10-18)28(3)4)21-15-6-16(2)23-24(21)27-29-26-23/h6-15H,5H2,1-4H3. The van der Waals surface area contributed by atoms with E-state index in [-0.39, 0.29) is 0 Å². The van der Waals surface area contributed by atoms with E-state index in [0.717, 1.165) is 51.1 Å².